The van der Waals surface area contributed by atoms with Crippen molar-refractivity contribution in [2.75, 3.05) is 13.1 Å². The average molecular weight is 268 g/mol. The summed E-state index contributed by atoms with van der Waals surface area (Å²) in [6.45, 7) is 6.06. The van der Waals surface area contributed by atoms with Gasteiger partial charge >= 0.3 is 0 Å². The summed E-state index contributed by atoms with van der Waals surface area (Å²) in [4.78, 5) is 12.5. The van der Waals surface area contributed by atoms with E-state index in [1.807, 2.05) is 13.8 Å². The molecule has 0 bridgehead atoms. The molecule has 0 aromatic carbocycles. The van der Waals surface area contributed by atoms with Crippen molar-refractivity contribution in [1.29, 1.82) is 0 Å². The molecule has 1 amide bonds. The molecule has 3 atom stereocenters. The van der Waals surface area contributed by atoms with Crippen molar-refractivity contribution in [3.8, 4) is 0 Å². The number of nitrogens with one attached hydrogen (secondary N) is 2. The van der Waals surface area contributed by atoms with Crippen LogP contribution in [0.15, 0.2) is 0 Å². The number of aliphatic hydroxyl groups is 1. The lowest BCUT2D eigenvalue weighted by Gasteiger charge is -2.38. The van der Waals surface area contributed by atoms with E-state index in [1.54, 1.807) is 0 Å². The number of aliphatic hydroxyl groups excluding tert-OH is 1. The van der Waals surface area contributed by atoms with Crippen LogP contribution in [-0.4, -0.2) is 36.2 Å². The smallest absolute Gasteiger partial charge is 0.226 e. The number of amides is 1. The molecule has 0 aromatic rings. The summed E-state index contributed by atoms with van der Waals surface area (Å²) < 4.78 is 0. The fourth-order valence-corrected chi connectivity index (χ4v) is 3.29. The van der Waals surface area contributed by atoms with Crippen LogP contribution in [0.5, 0.6) is 0 Å². The second-order valence-corrected chi connectivity index (χ2v) is 6.70. The third-order valence-corrected chi connectivity index (χ3v) is 4.95. The molecule has 1 aliphatic heterocycles. The third kappa shape index (κ3) is 3.48. The van der Waals surface area contributed by atoms with Gasteiger partial charge in [0.25, 0.3) is 0 Å². The molecule has 2 rings (SSSR count). The van der Waals surface area contributed by atoms with Crippen molar-refractivity contribution in [3.05, 3.63) is 0 Å². The van der Waals surface area contributed by atoms with Crippen LogP contribution in [0.1, 0.15) is 52.4 Å². The zero-order valence-electron chi connectivity index (χ0n) is 12.2. The highest BCUT2D eigenvalue weighted by molar-refractivity contribution is 5.82. The van der Waals surface area contributed by atoms with Gasteiger partial charge in [0.05, 0.1) is 12.1 Å². The Morgan fingerprint density at radius 2 is 1.95 bits per heavy atom. The fraction of sp³-hybridized carbons (Fsp3) is 0.933. The zero-order chi connectivity index (χ0) is 13.9. The summed E-state index contributed by atoms with van der Waals surface area (Å²) in [6, 6.07) is -0.0444. The van der Waals surface area contributed by atoms with Gasteiger partial charge in [0.1, 0.15) is 0 Å². The zero-order valence-corrected chi connectivity index (χ0v) is 12.2. The molecule has 110 valence electrons. The molecule has 3 N–H and O–H groups in total. The average Bonchev–Trinajstić information content (AvgIpc) is 2.42. The molecule has 1 saturated heterocycles. The van der Waals surface area contributed by atoms with Crippen molar-refractivity contribution in [2.24, 2.45) is 11.3 Å². The highest BCUT2D eigenvalue weighted by Crippen LogP contribution is 2.32. The van der Waals surface area contributed by atoms with Crippen LogP contribution in [0.2, 0.25) is 0 Å². The SMILES string of the molecule is CC(C)(C(=O)NC1CCCCC1O)C1CCCNC1. The topological polar surface area (TPSA) is 61.4 Å². The summed E-state index contributed by atoms with van der Waals surface area (Å²) in [5, 5.41) is 16.4. The number of hydrogen-bond acceptors (Lipinski definition) is 3. The first-order valence-electron chi connectivity index (χ1n) is 7.71. The third-order valence-electron chi connectivity index (χ3n) is 4.95. The number of carbonyl (C=O) groups excluding carboxylic acids is 1. The van der Waals surface area contributed by atoms with E-state index < -0.39 is 0 Å². The van der Waals surface area contributed by atoms with Crippen LogP contribution in [0.3, 0.4) is 0 Å². The van der Waals surface area contributed by atoms with Gasteiger partial charge in [-0.1, -0.05) is 26.7 Å². The molecule has 3 unspecified atom stereocenters. The summed E-state index contributed by atoms with van der Waals surface area (Å²) in [5.74, 6) is 0.495. The minimum Gasteiger partial charge on any atom is -0.391 e. The highest BCUT2D eigenvalue weighted by atomic mass is 16.3. The Morgan fingerprint density at radius 1 is 1.21 bits per heavy atom. The van der Waals surface area contributed by atoms with Gasteiger partial charge in [0.2, 0.25) is 5.91 Å². The maximum Gasteiger partial charge on any atom is 0.226 e. The summed E-state index contributed by atoms with van der Waals surface area (Å²) in [6.07, 6.45) is 5.80. The predicted octanol–water partition coefficient (Wildman–Crippen LogP) is 1.43. The molecule has 0 aromatic heterocycles. The molecule has 1 aliphatic carbocycles. The Hall–Kier alpha value is -0.610. The van der Waals surface area contributed by atoms with E-state index in [0.29, 0.717) is 5.92 Å². The van der Waals surface area contributed by atoms with Gasteiger partial charge in [-0.2, -0.15) is 0 Å². The molecule has 2 fully saturated rings. The van der Waals surface area contributed by atoms with E-state index in [1.165, 1.54) is 0 Å². The van der Waals surface area contributed by atoms with Gasteiger partial charge in [-0.15, -0.1) is 0 Å². The van der Waals surface area contributed by atoms with Crippen LogP contribution in [0, 0.1) is 11.3 Å². The van der Waals surface area contributed by atoms with Crippen molar-refractivity contribution in [1.82, 2.24) is 10.6 Å². The Bertz CT molecular complexity index is 311. The van der Waals surface area contributed by atoms with Gasteiger partial charge in [-0.05, 0) is 44.7 Å². The van der Waals surface area contributed by atoms with Gasteiger partial charge in [0.15, 0.2) is 0 Å². The Kier molecular flexibility index (Phi) is 4.85. The van der Waals surface area contributed by atoms with Crippen molar-refractivity contribution in [3.63, 3.8) is 0 Å². The summed E-state index contributed by atoms with van der Waals surface area (Å²) >= 11 is 0. The van der Waals surface area contributed by atoms with Crippen LogP contribution in [0.4, 0.5) is 0 Å². The Morgan fingerprint density at radius 3 is 2.58 bits per heavy atom. The molecule has 0 spiro atoms. The van der Waals surface area contributed by atoms with E-state index >= 15 is 0 Å². The van der Waals surface area contributed by atoms with Crippen LogP contribution < -0.4 is 10.6 Å². The van der Waals surface area contributed by atoms with Gasteiger partial charge in [-0.3, -0.25) is 4.79 Å². The molecule has 4 heteroatoms. The number of rotatable bonds is 3. The van der Waals surface area contributed by atoms with Crippen LogP contribution >= 0.6 is 0 Å². The first-order valence-corrected chi connectivity index (χ1v) is 7.71. The lowest BCUT2D eigenvalue weighted by molar-refractivity contribution is -0.134. The van der Waals surface area contributed by atoms with Gasteiger partial charge in [0, 0.05) is 5.41 Å². The fourth-order valence-electron chi connectivity index (χ4n) is 3.29. The predicted molar refractivity (Wildman–Crippen MR) is 75.8 cm³/mol. The molecule has 2 aliphatic rings. The lowest BCUT2D eigenvalue weighted by Crippen LogP contribution is -2.53. The number of carbonyl (C=O) groups is 1. The molecule has 1 heterocycles. The highest BCUT2D eigenvalue weighted by Gasteiger charge is 2.39. The molecular weight excluding hydrogens is 240 g/mol. The Labute approximate surface area is 116 Å². The van der Waals surface area contributed by atoms with E-state index in [2.05, 4.69) is 10.6 Å². The van der Waals surface area contributed by atoms with Crippen molar-refractivity contribution in [2.45, 2.75) is 64.5 Å². The second-order valence-electron chi connectivity index (χ2n) is 6.70. The Balaban J connectivity index is 1.93. The number of piperidine rings is 1. The minimum absolute atomic E-state index is 0.0444. The lowest BCUT2D eigenvalue weighted by atomic mass is 9.74. The van der Waals surface area contributed by atoms with E-state index in [0.717, 1.165) is 51.6 Å². The molecule has 0 radical (unpaired) electrons. The van der Waals surface area contributed by atoms with Gasteiger partial charge < -0.3 is 15.7 Å². The second kappa shape index (κ2) is 6.23. The van der Waals surface area contributed by atoms with E-state index in [9.17, 15) is 9.90 Å². The number of hydrogen-bond donors (Lipinski definition) is 3. The molecule has 4 nitrogen and oxygen atoms in total. The minimum atomic E-state index is -0.363. The van der Waals surface area contributed by atoms with Crippen molar-refractivity contribution >= 4 is 5.91 Å². The molecule has 1 saturated carbocycles. The first-order chi connectivity index (χ1) is 9.01. The molecular formula is C15H28N2O2. The van der Waals surface area contributed by atoms with Gasteiger partial charge in [-0.25, -0.2) is 0 Å². The largest absolute Gasteiger partial charge is 0.391 e. The van der Waals surface area contributed by atoms with E-state index in [4.69, 9.17) is 0 Å². The maximum absolute atomic E-state index is 12.5. The van der Waals surface area contributed by atoms with Crippen LogP contribution in [-0.2, 0) is 4.79 Å². The normalized spacial score (nSPS) is 32.9. The van der Waals surface area contributed by atoms with Crippen molar-refractivity contribution < 1.29 is 9.90 Å². The maximum atomic E-state index is 12.5. The standard InChI is InChI=1S/C15H28N2O2/c1-15(2,11-6-5-9-16-10-11)14(19)17-12-7-3-4-8-13(12)18/h11-13,16,18H,3-10H2,1-2H3,(H,17,19). The van der Waals surface area contributed by atoms with E-state index in [-0.39, 0.29) is 23.5 Å². The first kappa shape index (κ1) is 14.8. The monoisotopic (exact) mass is 268 g/mol. The molecule has 19 heavy (non-hydrogen) atoms. The van der Waals surface area contributed by atoms with Crippen LogP contribution in [0.25, 0.3) is 0 Å². The quantitative estimate of drug-likeness (QED) is 0.725. The summed E-state index contributed by atoms with van der Waals surface area (Å²) in [5.41, 5.74) is -0.357. The summed E-state index contributed by atoms with van der Waals surface area (Å²) in [7, 11) is 0.